The van der Waals surface area contributed by atoms with Crippen molar-refractivity contribution in [1.29, 1.82) is 0 Å². The van der Waals surface area contributed by atoms with Crippen LogP contribution in [-0.4, -0.2) is 10.7 Å². The van der Waals surface area contributed by atoms with Gasteiger partial charge in [-0.15, -0.1) is 8.78 Å². The molecule has 0 saturated heterocycles. The molecule has 0 spiro atoms. The molecule has 0 aliphatic heterocycles. The number of alkyl halides is 3. The van der Waals surface area contributed by atoms with Crippen molar-refractivity contribution < 1.29 is 13.5 Å². The van der Waals surface area contributed by atoms with E-state index >= 15 is 0 Å². The summed E-state index contributed by atoms with van der Waals surface area (Å²) < 4.78 is 28.4. The van der Waals surface area contributed by atoms with Crippen LogP contribution in [-0.2, 0) is 0 Å². The third kappa shape index (κ3) is 3.79. The summed E-state index contributed by atoms with van der Waals surface area (Å²) in [6.07, 6.45) is 0. The van der Waals surface area contributed by atoms with E-state index in [1.54, 1.807) is 0 Å². The van der Waals surface area contributed by atoms with Crippen LogP contribution in [0, 0.1) is 0 Å². The molecular formula is C8H4ClF2NOS. The normalized spacial score (nSPS) is 10.5. The Morgan fingerprint density at radius 2 is 1.93 bits per heavy atom. The molecule has 1 aromatic rings. The van der Waals surface area contributed by atoms with Gasteiger partial charge in [0.25, 0.3) is 0 Å². The number of hydrogen-bond donors (Lipinski definition) is 0. The molecule has 0 fully saturated rings. The van der Waals surface area contributed by atoms with E-state index in [0.717, 1.165) is 0 Å². The maximum atomic E-state index is 12.1. The van der Waals surface area contributed by atoms with E-state index in [9.17, 15) is 8.78 Å². The number of ether oxygens (including phenoxy) is 1. The molecule has 14 heavy (non-hydrogen) atoms. The predicted octanol–water partition coefficient (Wildman–Crippen LogP) is 3.59. The zero-order valence-electron chi connectivity index (χ0n) is 6.71. The van der Waals surface area contributed by atoms with E-state index in [-0.39, 0.29) is 5.75 Å². The lowest BCUT2D eigenvalue weighted by atomic mass is 10.3. The Hall–Kier alpha value is -1.03. The van der Waals surface area contributed by atoms with E-state index in [1.807, 2.05) is 0 Å². The number of halogens is 3. The monoisotopic (exact) mass is 235 g/mol. The van der Waals surface area contributed by atoms with E-state index in [4.69, 9.17) is 0 Å². The maximum Gasteiger partial charge on any atom is 0.487 e. The van der Waals surface area contributed by atoms with E-state index in [2.05, 4.69) is 38.7 Å². The lowest BCUT2D eigenvalue weighted by molar-refractivity contribution is -0.0964. The molecule has 0 unspecified atom stereocenters. The summed E-state index contributed by atoms with van der Waals surface area (Å²) in [7, 11) is 0. The van der Waals surface area contributed by atoms with Crippen LogP contribution >= 0.6 is 23.8 Å². The van der Waals surface area contributed by atoms with Gasteiger partial charge in [-0.1, -0.05) is 0 Å². The first-order valence-electron chi connectivity index (χ1n) is 3.45. The number of rotatable bonds is 3. The second-order valence-electron chi connectivity index (χ2n) is 2.24. The second kappa shape index (κ2) is 4.46. The fraction of sp³-hybridized carbons (Fsp3) is 0.125. The molecule has 0 heterocycles. The van der Waals surface area contributed by atoms with Gasteiger partial charge in [0.15, 0.2) is 0 Å². The Morgan fingerprint density at radius 1 is 1.36 bits per heavy atom. The fourth-order valence-electron chi connectivity index (χ4n) is 0.775. The van der Waals surface area contributed by atoms with Crippen LogP contribution in [0.2, 0.25) is 0 Å². The highest BCUT2D eigenvalue weighted by atomic mass is 35.5. The van der Waals surface area contributed by atoms with Gasteiger partial charge < -0.3 is 4.74 Å². The van der Waals surface area contributed by atoms with E-state index < -0.39 is 5.57 Å². The lowest BCUT2D eigenvalue weighted by Gasteiger charge is -2.09. The molecule has 0 amide bonds. The minimum Gasteiger partial charge on any atom is -0.420 e. The number of isothiocyanates is 1. The van der Waals surface area contributed by atoms with Crippen molar-refractivity contribution in [2.24, 2.45) is 4.99 Å². The van der Waals surface area contributed by atoms with E-state index in [0.29, 0.717) is 5.69 Å². The molecule has 1 aromatic carbocycles. The van der Waals surface area contributed by atoms with Gasteiger partial charge in [0.2, 0.25) is 0 Å². The summed E-state index contributed by atoms with van der Waals surface area (Å²) in [5, 5.41) is 2.15. The van der Waals surface area contributed by atoms with Gasteiger partial charge in [-0.2, -0.15) is 4.99 Å². The lowest BCUT2D eigenvalue weighted by Crippen LogP contribution is -2.15. The first kappa shape index (κ1) is 11.0. The zero-order valence-corrected chi connectivity index (χ0v) is 8.28. The average Bonchev–Trinajstić information content (AvgIpc) is 2.06. The molecule has 2 nitrogen and oxygen atoms in total. The Balaban J connectivity index is 2.78. The molecule has 1 rings (SSSR count). The SMILES string of the molecule is FC(F)(Cl)Oc1ccc(N=C=S)cc1. The first-order chi connectivity index (χ1) is 6.51. The highest BCUT2D eigenvalue weighted by Crippen LogP contribution is 2.26. The van der Waals surface area contributed by atoms with Crippen LogP contribution in [0.25, 0.3) is 0 Å². The third-order valence-corrected chi connectivity index (χ3v) is 1.41. The van der Waals surface area contributed by atoms with Gasteiger partial charge in [-0.3, -0.25) is 0 Å². The van der Waals surface area contributed by atoms with Crippen molar-refractivity contribution in [3.63, 3.8) is 0 Å². The van der Waals surface area contributed by atoms with Gasteiger partial charge in [0, 0.05) is 11.6 Å². The molecule has 0 aliphatic rings. The van der Waals surface area contributed by atoms with Crippen LogP contribution in [0.5, 0.6) is 5.75 Å². The van der Waals surface area contributed by atoms with Crippen LogP contribution < -0.4 is 4.74 Å². The minimum absolute atomic E-state index is 0.0479. The van der Waals surface area contributed by atoms with Crippen molar-refractivity contribution in [3.05, 3.63) is 24.3 Å². The number of hydrogen-bond acceptors (Lipinski definition) is 3. The Labute approximate surface area is 89.2 Å². The number of thiocarbonyl (C=S) groups is 1. The summed E-state index contributed by atoms with van der Waals surface area (Å²) in [6, 6.07) is 5.53. The topological polar surface area (TPSA) is 21.6 Å². The van der Waals surface area contributed by atoms with Crippen LogP contribution in [0.4, 0.5) is 14.5 Å². The van der Waals surface area contributed by atoms with Crippen molar-refractivity contribution >= 4 is 34.7 Å². The van der Waals surface area contributed by atoms with Gasteiger partial charge in [0.05, 0.1) is 10.8 Å². The van der Waals surface area contributed by atoms with Crippen LogP contribution in [0.1, 0.15) is 0 Å². The average molecular weight is 236 g/mol. The summed E-state index contributed by atoms with van der Waals surface area (Å²) in [5.74, 6) is -0.0479. The molecule has 0 saturated carbocycles. The first-order valence-corrected chi connectivity index (χ1v) is 4.23. The molecule has 74 valence electrons. The van der Waals surface area contributed by atoms with Gasteiger partial charge >= 0.3 is 5.57 Å². The maximum absolute atomic E-state index is 12.1. The Kier molecular flexibility index (Phi) is 3.52. The predicted molar refractivity (Wildman–Crippen MR) is 52.6 cm³/mol. The smallest absolute Gasteiger partial charge is 0.420 e. The summed E-state index contributed by atoms with van der Waals surface area (Å²) in [6.45, 7) is 0. The van der Waals surface area contributed by atoms with Gasteiger partial charge in [-0.25, -0.2) is 0 Å². The van der Waals surface area contributed by atoms with Crippen LogP contribution in [0.3, 0.4) is 0 Å². The molecule has 6 heteroatoms. The molecule has 0 aromatic heterocycles. The van der Waals surface area contributed by atoms with Gasteiger partial charge in [0.1, 0.15) is 5.75 Å². The largest absolute Gasteiger partial charge is 0.487 e. The van der Waals surface area contributed by atoms with Crippen molar-refractivity contribution in [2.75, 3.05) is 0 Å². The Morgan fingerprint density at radius 3 is 2.36 bits per heavy atom. The zero-order chi connectivity index (χ0) is 10.6. The molecule has 0 radical (unpaired) electrons. The molecule has 0 bridgehead atoms. The second-order valence-corrected chi connectivity index (χ2v) is 2.87. The fourth-order valence-corrected chi connectivity index (χ4v) is 0.970. The molecular weight excluding hydrogens is 232 g/mol. The standard InChI is InChI=1S/C8H4ClF2NOS/c9-8(10,11)13-7-3-1-6(2-4-7)12-5-14/h1-4H. The van der Waals surface area contributed by atoms with Crippen LogP contribution in [0.15, 0.2) is 29.3 Å². The number of aliphatic imine (C=N–C) groups is 1. The third-order valence-electron chi connectivity index (χ3n) is 1.25. The summed E-state index contributed by atoms with van der Waals surface area (Å²) in [5.41, 5.74) is -3.19. The number of benzene rings is 1. The van der Waals surface area contributed by atoms with Crippen molar-refractivity contribution in [2.45, 2.75) is 5.57 Å². The molecule has 0 atom stereocenters. The molecule has 0 aliphatic carbocycles. The summed E-state index contributed by atoms with van der Waals surface area (Å²) in [4.78, 5) is 3.63. The summed E-state index contributed by atoms with van der Waals surface area (Å²) >= 11 is 8.93. The quantitative estimate of drug-likeness (QED) is 0.454. The van der Waals surface area contributed by atoms with Crippen molar-refractivity contribution in [3.8, 4) is 5.75 Å². The van der Waals surface area contributed by atoms with Crippen molar-refractivity contribution in [1.82, 2.24) is 0 Å². The highest BCUT2D eigenvalue weighted by molar-refractivity contribution is 7.78. The number of nitrogens with zero attached hydrogens (tertiary/aromatic N) is 1. The van der Waals surface area contributed by atoms with E-state index in [1.165, 1.54) is 24.3 Å². The minimum atomic E-state index is -3.70. The highest BCUT2D eigenvalue weighted by Gasteiger charge is 2.27. The van der Waals surface area contributed by atoms with Gasteiger partial charge in [-0.05, 0) is 36.5 Å². The Bertz CT molecular complexity index is 357. The molecule has 0 N–H and O–H groups in total.